The highest BCUT2D eigenvalue weighted by Gasteiger charge is 2.27. The molecule has 2 aromatic rings. The van der Waals surface area contributed by atoms with Crippen molar-refractivity contribution in [1.29, 1.82) is 0 Å². The minimum absolute atomic E-state index is 0.219. The zero-order valence-electron chi connectivity index (χ0n) is 14.4. The molecule has 6 nitrogen and oxygen atoms in total. The molecular weight excluding hydrogens is 340 g/mol. The summed E-state index contributed by atoms with van der Waals surface area (Å²) in [6.07, 6.45) is 1.77. The standard InChI is InChI=1S/C18H22N2O4S/c1-13-9-11-20(12-10-13)25(22,23)16-6-4-15(5-7-16)19-18(21)17-8-3-14(2)24-17/h3-8,13H,9-12H2,1-2H3,(H,19,21). The van der Waals surface area contributed by atoms with Gasteiger partial charge in [0.05, 0.1) is 4.90 Å². The number of furan rings is 1. The molecule has 1 aliphatic heterocycles. The summed E-state index contributed by atoms with van der Waals surface area (Å²) in [6, 6.07) is 9.54. The van der Waals surface area contributed by atoms with E-state index in [1.54, 1.807) is 31.2 Å². The number of carbonyl (C=O) groups is 1. The van der Waals surface area contributed by atoms with Crippen molar-refractivity contribution in [2.75, 3.05) is 18.4 Å². The van der Waals surface area contributed by atoms with Crippen molar-refractivity contribution >= 4 is 21.6 Å². The van der Waals surface area contributed by atoms with Gasteiger partial charge in [-0.05, 0) is 62.1 Å². The summed E-state index contributed by atoms with van der Waals surface area (Å²) in [5.41, 5.74) is 0.519. The van der Waals surface area contributed by atoms with E-state index in [0.717, 1.165) is 12.8 Å². The number of amides is 1. The Morgan fingerprint density at radius 1 is 1.12 bits per heavy atom. The van der Waals surface area contributed by atoms with Crippen molar-refractivity contribution in [2.24, 2.45) is 5.92 Å². The molecule has 1 aromatic heterocycles. The Hall–Kier alpha value is -2.12. The van der Waals surface area contributed by atoms with Gasteiger partial charge in [0, 0.05) is 18.8 Å². The van der Waals surface area contributed by atoms with Gasteiger partial charge in [-0.3, -0.25) is 4.79 Å². The summed E-state index contributed by atoms with van der Waals surface area (Å²) in [5, 5.41) is 2.69. The topological polar surface area (TPSA) is 79.6 Å². The van der Waals surface area contributed by atoms with Gasteiger partial charge in [0.1, 0.15) is 5.76 Å². The molecular formula is C18H22N2O4S. The molecule has 1 saturated heterocycles. The number of sulfonamides is 1. The third kappa shape index (κ3) is 3.93. The van der Waals surface area contributed by atoms with Crippen LogP contribution in [0, 0.1) is 12.8 Å². The van der Waals surface area contributed by atoms with E-state index < -0.39 is 10.0 Å². The van der Waals surface area contributed by atoms with Gasteiger partial charge in [0.2, 0.25) is 10.0 Å². The van der Waals surface area contributed by atoms with Crippen molar-refractivity contribution in [3.63, 3.8) is 0 Å². The summed E-state index contributed by atoms with van der Waals surface area (Å²) in [7, 11) is -3.48. The van der Waals surface area contributed by atoms with Crippen LogP contribution in [0.15, 0.2) is 45.7 Å². The van der Waals surface area contributed by atoms with E-state index >= 15 is 0 Å². The molecule has 1 aromatic carbocycles. The van der Waals surface area contributed by atoms with Crippen LogP contribution in [0.3, 0.4) is 0 Å². The van der Waals surface area contributed by atoms with Crippen LogP contribution in [0.4, 0.5) is 5.69 Å². The van der Waals surface area contributed by atoms with Gasteiger partial charge in [-0.25, -0.2) is 8.42 Å². The summed E-state index contributed by atoms with van der Waals surface area (Å²) in [5.74, 6) is 1.07. The first-order chi connectivity index (χ1) is 11.9. The molecule has 7 heteroatoms. The molecule has 0 unspecified atom stereocenters. The Morgan fingerprint density at radius 3 is 2.32 bits per heavy atom. The van der Waals surface area contributed by atoms with Crippen LogP contribution in [-0.2, 0) is 10.0 Å². The second kappa shape index (κ2) is 7.01. The number of piperidine rings is 1. The van der Waals surface area contributed by atoms with Crippen LogP contribution in [0.1, 0.15) is 36.1 Å². The van der Waals surface area contributed by atoms with Crippen molar-refractivity contribution in [1.82, 2.24) is 4.31 Å². The number of benzene rings is 1. The average Bonchev–Trinajstić information content (AvgIpc) is 3.02. The van der Waals surface area contributed by atoms with Gasteiger partial charge in [-0.1, -0.05) is 6.92 Å². The molecule has 1 aliphatic rings. The predicted octanol–water partition coefficient (Wildman–Crippen LogP) is 3.26. The minimum Gasteiger partial charge on any atom is -0.456 e. The highest BCUT2D eigenvalue weighted by molar-refractivity contribution is 7.89. The molecule has 1 amide bonds. The number of anilines is 1. The number of nitrogens with one attached hydrogen (secondary N) is 1. The monoisotopic (exact) mass is 362 g/mol. The molecule has 0 spiro atoms. The van der Waals surface area contributed by atoms with Gasteiger partial charge >= 0.3 is 0 Å². The number of rotatable bonds is 4. The van der Waals surface area contributed by atoms with Crippen LogP contribution in [0.2, 0.25) is 0 Å². The fourth-order valence-corrected chi connectivity index (χ4v) is 4.30. The molecule has 3 rings (SSSR count). The molecule has 2 heterocycles. The normalized spacial score (nSPS) is 16.7. The predicted molar refractivity (Wildman–Crippen MR) is 95.0 cm³/mol. The highest BCUT2D eigenvalue weighted by Crippen LogP contribution is 2.24. The first-order valence-corrected chi connectivity index (χ1v) is 9.78. The number of carbonyl (C=O) groups excluding carboxylic acids is 1. The van der Waals surface area contributed by atoms with Crippen LogP contribution in [0.25, 0.3) is 0 Å². The van der Waals surface area contributed by atoms with Gasteiger partial charge in [-0.2, -0.15) is 4.31 Å². The fourth-order valence-electron chi connectivity index (χ4n) is 2.83. The maximum absolute atomic E-state index is 12.7. The third-order valence-electron chi connectivity index (χ3n) is 4.46. The maximum atomic E-state index is 12.7. The van der Waals surface area contributed by atoms with Gasteiger partial charge < -0.3 is 9.73 Å². The van der Waals surface area contributed by atoms with Gasteiger partial charge in [0.25, 0.3) is 5.91 Å². The molecule has 0 aliphatic carbocycles. The molecule has 134 valence electrons. The number of nitrogens with zero attached hydrogens (tertiary/aromatic N) is 1. The highest BCUT2D eigenvalue weighted by atomic mass is 32.2. The first-order valence-electron chi connectivity index (χ1n) is 8.34. The van der Waals surface area contributed by atoms with Crippen LogP contribution < -0.4 is 5.32 Å². The van der Waals surface area contributed by atoms with Crippen molar-refractivity contribution in [2.45, 2.75) is 31.6 Å². The Balaban J connectivity index is 1.70. The average molecular weight is 362 g/mol. The van der Waals surface area contributed by atoms with E-state index in [1.807, 2.05) is 0 Å². The SMILES string of the molecule is Cc1ccc(C(=O)Nc2ccc(S(=O)(=O)N3CCC(C)CC3)cc2)o1. The van der Waals surface area contributed by atoms with E-state index in [0.29, 0.717) is 30.5 Å². The van der Waals surface area contributed by atoms with Gasteiger partial charge in [-0.15, -0.1) is 0 Å². The molecule has 0 saturated carbocycles. The summed E-state index contributed by atoms with van der Waals surface area (Å²) in [4.78, 5) is 12.3. The smallest absolute Gasteiger partial charge is 0.291 e. The third-order valence-corrected chi connectivity index (χ3v) is 6.37. The number of aryl methyl sites for hydroxylation is 1. The van der Waals surface area contributed by atoms with E-state index in [-0.39, 0.29) is 16.6 Å². The van der Waals surface area contributed by atoms with Crippen LogP contribution >= 0.6 is 0 Å². The van der Waals surface area contributed by atoms with E-state index in [9.17, 15) is 13.2 Å². The second-order valence-corrected chi connectivity index (χ2v) is 8.41. The number of hydrogen-bond acceptors (Lipinski definition) is 4. The van der Waals surface area contributed by atoms with Crippen LogP contribution in [0.5, 0.6) is 0 Å². The van der Waals surface area contributed by atoms with Crippen molar-refractivity contribution in [3.8, 4) is 0 Å². The molecule has 0 bridgehead atoms. The molecule has 0 atom stereocenters. The first kappa shape index (κ1) is 17.7. The molecule has 25 heavy (non-hydrogen) atoms. The van der Waals surface area contributed by atoms with Crippen molar-refractivity contribution < 1.29 is 17.6 Å². The molecule has 1 N–H and O–H groups in total. The molecule has 1 fully saturated rings. The number of hydrogen-bond donors (Lipinski definition) is 1. The van der Waals surface area contributed by atoms with E-state index in [1.165, 1.54) is 16.4 Å². The Labute approximate surface area is 147 Å². The zero-order valence-corrected chi connectivity index (χ0v) is 15.2. The molecule has 0 radical (unpaired) electrons. The lowest BCUT2D eigenvalue weighted by Crippen LogP contribution is -2.37. The Bertz CT molecular complexity index is 847. The van der Waals surface area contributed by atoms with Crippen LogP contribution in [-0.4, -0.2) is 31.7 Å². The van der Waals surface area contributed by atoms with E-state index in [4.69, 9.17) is 4.42 Å². The lowest BCUT2D eigenvalue weighted by atomic mass is 10.0. The minimum atomic E-state index is -3.48. The maximum Gasteiger partial charge on any atom is 0.291 e. The lowest BCUT2D eigenvalue weighted by Gasteiger charge is -2.29. The quantitative estimate of drug-likeness (QED) is 0.905. The summed E-state index contributed by atoms with van der Waals surface area (Å²) in [6.45, 7) is 5.01. The fraction of sp³-hybridized carbons (Fsp3) is 0.389. The summed E-state index contributed by atoms with van der Waals surface area (Å²) < 4.78 is 32.2. The summed E-state index contributed by atoms with van der Waals surface area (Å²) >= 11 is 0. The Kier molecular flexibility index (Phi) is 4.96. The largest absolute Gasteiger partial charge is 0.456 e. The Morgan fingerprint density at radius 2 is 1.76 bits per heavy atom. The van der Waals surface area contributed by atoms with E-state index in [2.05, 4.69) is 12.2 Å². The van der Waals surface area contributed by atoms with Gasteiger partial charge in [0.15, 0.2) is 5.76 Å². The van der Waals surface area contributed by atoms with Crippen molar-refractivity contribution in [3.05, 3.63) is 47.9 Å². The lowest BCUT2D eigenvalue weighted by molar-refractivity contribution is 0.0995. The zero-order chi connectivity index (χ0) is 18.0. The second-order valence-electron chi connectivity index (χ2n) is 6.48.